The maximum Gasteiger partial charge on any atom is 0.0173 e. The van der Waals surface area contributed by atoms with Crippen molar-refractivity contribution in [2.45, 2.75) is 36.5 Å². The zero-order chi connectivity index (χ0) is 15.0. The molecule has 116 valence electrons. The lowest BCUT2D eigenvalue weighted by Gasteiger charge is -2.37. The SMILES string of the molecule is c1ccc2c(c1)C1CC3(CN(CC4CC4)CC23)c2ccccc21. The summed E-state index contributed by atoms with van der Waals surface area (Å²) in [5.41, 5.74) is 6.95. The molecular formula is C22H23N. The molecule has 2 fully saturated rings. The highest BCUT2D eigenvalue weighted by atomic mass is 15.2. The van der Waals surface area contributed by atoms with E-state index in [0.29, 0.717) is 17.3 Å². The zero-order valence-corrected chi connectivity index (χ0v) is 13.5. The highest BCUT2D eigenvalue weighted by Gasteiger charge is 2.58. The molecule has 1 aliphatic heterocycles. The van der Waals surface area contributed by atoms with Crippen molar-refractivity contribution < 1.29 is 0 Å². The molecule has 1 spiro atoms. The quantitative estimate of drug-likeness (QED) is 0.800. The third-order valence-electron chi connectivity index (χ3n) is 7.01. The lowest BCUT2D eigenvalue weighted by molar-refractivity contribution is 0.294. The fraction of sp³-hybridized carbons (Fsp3) is 0.455. The van der Waals surface area contributed by atoms with Crippen molar-refractivity contribution in [1.82, 2.24) is 4.90 Å². The Kier molecular flexibility index (Phi) is 2.37. The fourth-order valence-electron chi connectivity index (χ4n) is 5.95. The van der Waals surface area contributed by atoms with Crippen LogP contribution in [0.2, 0.25) is 0 Å². The van der Waals surface area contributed by atoms with E-state index in [9.17, 15) is 0 Å². The molecule has 4 aliphatic rings. The monoisotopic (exact) mass is 301 g/mol. The molecule has 1 heterocycles. The Bertz CT molecular complexity index is 779. The lowest BCUT2D eigenvalue weighted by atomic mass is 9.65. The van der Waals surface area contributed by atoms with Crippen molar-refractivity contribution in [1.29, 1.82) is 0 Å². The molecule has 0 amide bonds. The minimum Gasteiger partial charge on any atom is -0.302 e. The number of likely N-dealkylation sites (tertiary alicyclic amines) is 1. The topological polar surface area (TPSA) is 3.24 Å². The number of hydrogen-bond acceptors (Lipinski definition) is 1. The molecular weight excluding hydrogens is 278 g/mol. The van der Waals surface area contributed by atoms with Gasteiger partial charge in [-0.1, -0.05) is 48.5 Å². The van der Waals surface area contributed by atoms with Gasteiger partial charge in [0.2, 0.25) is 0 Å². The summed E-state index contributed by atoms with van der Waals surface area (Å²) in [6, 6.07) is 18.7. The van der Waals surface area contributed by atoms with Gasteiger partial charge in [0.1, 0.15) is 0 Å². The number of nitrogens with zero attached hydrogens (tertiary/aromatic N) is 1. The molecule has 2 aromatic carbocycles. The van der Waals surface area contributed by atoms with Crippen LogP contribution >= 0.6 is 0 Å². The molecule has 23 heavy (non-hydrogen) atoms. The van der Waals surface area contributed by atoms with Gasteiger partial charge < -0.3 is 4.90 Å². The van der Waals surface area contributed by atoms with E-state index < -0.39 is 0 Å². The van der Waals surface area contributed by atoms with E-state index in [2.05, 4.69) is 53.4 Å². The molecule has 1 nitrogen and oxygen atoms in total. The number of rotatable bonds is 2. The standard InChI is InChI=1S/C22H23N/c1-2-6-17-16(5-1)19-11-22(20-8-4-3-7-18(19)20)14-23(13-21(17)22)12-15-9-10-15/h1-8,15,19,21H,9-14H2. The first-order valence-electron chi connectivity index (χ1n) is 9.26. The van der Waals surface area contributed by atoms with Gasteiger partial charge in [-0.2, -0.15) is 0 Å². The predicted molar refractivity (Wildman–Crippen MR) is 92.9 cm³/mol. The van der Waals surface area contributed by atoms with E-state index in [0.717, 1.165) is 5.92 Å². The highest BCUT2D eigenvalue weighted by Crippen LogP contribution is 2.63. The summed E-state index contributed by atoms with van der Waals surface area (Å²) in [4.78, 5) is 2.80. The smallest absolute Gasteiger partial charge is 0.0173 e. The summed E-state index contributed by atoms with van der Waals surface area (Å²) >= 11 is 0. The second-order valence-corrected chi connectivity index (χ2v) is 8.32. The molecule has 0 radical (unpaired) electrons. The Hall–Kier alpha value is -1.60. The number of benzene rings is 2. The number of fused-ring (bicyclic) bond motifs is 3. The predicted octanol–water partition coefficient (Wildman–Crippen LogP) is 4.28. The van der Waals surface area contributed by atoms with Crippen molar-refractivity contribution in [2.24, 2.45) is 5.92 Å². The van der Waals surface area contributed by atoms with Crippen LogP contribution < -0.4 is 0 Å². The Balaban J connectivity index is 1.54. The third-order valence-corrected chi connectivity index (χ3v) is 7.01. The van der Waals surface area contributed by atoms with Gasteiger partial charge >= 0.3 is 0 Å². The maximum absolute atomic E-state index is 2.80. The van der Waals surface area contributed by atoms with Crippen molar-refractivity contribution in [3.05, 3.63) is 70.8 Å². The van der Waals surface area contributed by atoms with Gasteiger partial charge in [-0.25, -0.2) is 0 Å². The van der Waals surface area contributed by atoms with Crippen LogP contribution in [0.25, 0.3) is 0 Å². The molecule has 1 saturated carbocycles. The first-order valence-corrected chi connectivity index (χ1v) is 9.26. The second-order valence-electron chi connectivity index (χ2n) is 8.32. The summed E-state index contributed by atoms with van der Waals surface area (Å²) in [6.07, 6.45) is 4.27. The number of hydrogen-bond donors (Lipinski definition) is 0. The molecule has 2 bridgehead atoms. The maximum atomic E-state index is 2.80. The van der Waals surface area contributed by atoms with Crippen LogP contribution in [0.15, 0.2) is 48.5 Å². The normalized spacial score (nSPS) is 34.1. The Labute approximate surface area is 138 Å². The van der Waals surface area contributed by atoms with Crippen molar-refractivity contribution >= 4 is 0 Å². The van der Waals surface area contributed by atoms with Gasteiger partial charge in [0, 0.05) is 36.9 Å². The molecule has 0 N–H and O–H groups in total. The van der Waals surface area contributed by atoms with Gasteiger partial charge in [0.05, 0.1) is 0 Å². The van der Waals surface area contributed by atoms with Gasteiger partial charge in [-0.3, -0.25) is 0 Å². The van der Waals surface area contributed by atoms with E-state index in [1.165, 1.54) is 38.9 Å². The zero-order valence-electron chi connectivity index (χ0n) is 13.5. The molecule has 1 saturated heterocycles. The first-order chi connectivity index (χ1) is 11.4. The van der Waals surface area contributed by atoms with E-state index >= 15 is 0 Å². The molecule has 2 aromatic rings. The van der Waals surface area contributed by atoms with E-state index in [-0.39, 0.29) is 0 Å². The van der Waals surface area contributed by atoms with Crippen molar-refractivity contribution in [3.8, 4) is 0 Å². The second kappa shape index (κ2) is 4.27. The third kappa shape index (κ3) is 1.61. The van der Waals surface area contributed by atoms with Crippen molar-refractivity contribution in [3.63, 3.8) is 0 Å². The Morgan fingerprint density at radius 2 is 1.65 bits per heavy atom. The summed E-state index contributed by atoms with van der Waals surface area (Å²) < 4.78 is 0. The minimum absolute atomic E-state index is 0.393. The van der Waals surface area contributed by atoms with Crippen LogP contribution in [0, 0.1) is 5.92 Å². The van der Waals surface area contributed by atoms with Gasteiger partial charge in [0.25, 0.3) is 0 Å². The highest BCUT2D eigenvalue weighted by molar-refractivity contribution is 5.58. The van der Waals surface area contributed by atoms with Gasteiger partial charge in [0.15, 0.2) is 0 Å². The van der Waals surface area contributed by atoms with Gasteiger partial charge in [-0.05, 0) is 47.4 Å². The summed E-state index contributed by atoms with van der Waals surface area (Å²) in [7, 11) is 0. The molecule has 3 atom stereocenters. The molecule has 3 unspecified atom stereocenters. The Morgan fingerprint density at radius 3 is 2.48 bits per heavy atom. The average Bonchev–Trinajstić information content (AvgIpc) is 3.25. The summed E-state index contributed by atoms with van der Waals surface area (Å²) in [6.45, 7) is 3.90. The van der Waals surface area contributed by atoms with Crippen LogP contribution in [0.4, 0.5) is 0 Å². The van der Waals surface area contributed by atoms with Crippen LogP contribution in [0.3, 0.4) is 0 Å². The van der Waals surface area contributed by atoms with E-state index in [1.807, 2.05) is 0 Å². The summed E-state index contributed by atoms with van der Waals surface area (Å²) in [5.74, 6) is 2.34. The van der Waals surface area contributed by atoms with Crippen LogP contribution in [-0.4, -0.2) is 24.5 Å². The van der Waals surface area contributed by atoms with Crippen LogP contribution in [0.1, 0.15) is 53.4 Å². The molecule has 1 heteroatoms. The van der Waals surface area contributed by atoms with Crippen molar-refractivity contribution in [2.75, 3.05) is 19.6 Å². The largest absolute Gasteiger partial charge is 0.302 e. The molecule has 3 aliphatic carbocycles. The van der Waals surface area contributed by atoms with E-state index in [1.54, 1.807) is 22.3 Å². The van der Waals surface area contributed by atoms with E-state index in [4.69, 9.17) is 0 Å². The Morgan fingerprint density at radius 1 is 0.913 bits per heavy atom. The average molecular weight is 301 g/mol. The fourth-order valence-corrected chi connectivity index (χ4v) is 5.95. The molecule has 0 aromatic heterocycles. The summed E-state index contributed by atoms with van der Waals surface area (Å²) in [5, 5.41) is 0. The van der Waals surface area contributed by atoms with Gasteiger partial charge in [-0.15, -0.1) is 0 Å². The van der Waals surface area contributed by atoms with Crippen LogP contribution in [0.5, 0.6) is 0 Å². The molecule has 6 rings (SSSR count). The lowest BCUT2D eigenvalue weighted by Crippen LogP contribution is -2.35. The van der Waals surface area contributed by atoms with Crippen LogP contribution in [-0.2, 0) is 5.41 Å². The first kappa shape index (κ1) is 12.8. The minimum atomic E-state index is 0.393.